The molecule has 9 heteroatoms. The van der Waals surface area contributed by atoms with Crippen molar-refractivity contribution in [3.8, 4) is 0 Å². The number of nitrogens with zero attached hydrogens (tertiary/aromatic N) is 3. The van der Waals surface area contributed by atoms with Crippen LogP contribution in [0.5, 0.6) is 0 Å². The first-order chi connectivity index (χ1) is 19.1. The number of ether oxygens (including phenoxy) is 1. The summed E-state index contributed by atoms with van der Waals surface area (Å²) in [7, 11) is 0. The molecule has 1 N–H and O–H groups in total. The summed E-state index contributed by atoms with van der Waals surface area (Å²) in [6.07, 6.45) is 4.59. The van der Waals surface area contributed by atoms with Crippen molar-refractivity contribution in [2.24, 2.45) is 0 Å². The molecule has 4 aliphatic heterocycles. The first-order valence-corrected chi connectivity index (χ1v) is 15.1. The Kier molecular flexibility index (Phi) is 7.79. The third-order valence-electron chi connectivity index (χ3n) is 8.40. The van der Waals surface area contributed by atoms with E-state index in [2.05, 4.69) is 23.5 Å². The average Bonchev–Trinajstić information content (AvgIpc) is 3.54. The van der Waals surface area contributed by atoms with Crippen molar-refractivity contribution in [2.75, 3.05) is 38.1 Å². The van der Waals surface area contributed by atoms with E-state index in [0.29, 0.717) is 26.2 Å². The van der Waals surface area contributed by atoms with Gasteiger partial charge in [0.05, 0.1) is 11.4 Å². The number of piperidine rings is 1. The third kappa shape index (κ3) is 5.65. The summed E-state index contributed by atoms with van der Waals surface area (Å²) in [5.41, 5.74) is 3.13. The van der Waals surface area contributed by atoms with E-state index in [1.807, 2.05) is 51.1 Å². The molecule has 206 valence electrons. The minimum Gasteiger partial charge on any atom is -0.376 e. The van der Waals surface area contributed by atoms with Gasteiger partial charge in [-0.25, -0.2) is 4.79 Å². The minimum atomic E-state index is -0.392. The maximum absolute atomic E-state index is 13.5. The van der Waals surface area contributed by atoms with Crippen LogP contribution in [0, 0.1) is 0 Å². The molecule has 3 saturated heterocycles. The topological polar surface area (TPSA) is 82.2 Å². The number of rotatable bonds is 6. The summed E-state index contributed by atoms with van der Waals surface area (Å²) in [6, 6.07) is 18.1. The third-order valence-corrected chi connectivity index (χ3v) is 9.88. The number of fused-ring (bicyclic) bond motifs is 1. The Morgan fingerprint density at radius 1 is 0.974 bits per heavy atom. The van der Waals surface area contributed by atoms with Gasteiger partial charge >= 0.3 is 6.03 Å². The largest absolute Gasteiger partial charge is 0.376 e. The van der Waals surface area contributed by atoms with Gasteiger partial charge in [-0.15, -0.1) is 11.8 Å². The fourth-order valence-electron chi connectivity index (χ4n) is 6.25. The molecule has 0 bridgehead atoms. The Morgan fingerprint density at radius 3 is 2.51 bits per heavy atom. The summed E-state index contributed by atoms with van der Waals surface area (Å²) in [6.45, 7) is 3.21. The molecule has 0 aliphatic carbocycles. The number of likely N-dealkylation sites (tertiary alicyclic amines) is 1. The van der Waals surface area contributed by atoms with E-state index in [-0.39, 0.29) is 41.8 Å². The molecule has 2 aromatic carbocycles. The van der Waals surface area contributed by atoms with Gasteiger partial charge in [-0.2, -0.15) is 0 Å². The molecule has 39 heavy (non-hydrogen) atoms. The fourth-order valence-corrected chi connectivity index (χ4v) is 7.70. The predicted octanol–water partition coefficient (Wildman–Crippen LogP) is 4.28. The molecular formula is C30H36N4O4S. The van der Waals surface area contributed by atoms with E-state index in [4.69, 9.17) is 4.74 Å². The van der Waals surface area contributed by atoms with Crippen molar-refractivity contribution in [3.63, 3.8) is 0 Å². The molecule has 0 aromatic heterocycles. The van der Waals surface area contributed by atoms with Crippen LogP contribution in [0.4, 0.5) is 10.5 Å². The van der Waals surface area contributed by atoms with Gasteiger partial charge in [0.15, 0.2) is 0 Å². The van der Waals surface area contributed by atoms with E-state index in [0.717, 1.165) is 55.5 Å². The lowest BCUT2D eigenvalue weighted by Gasteiger charge is -2.38. The maximum atomic E-state index is 13.5. The molecule has 2 aromatic rings. The van der Waals surface area contributed by atoms with Gasteiger partial charge in [-0.1, -0.05) is 48.5 Å². The number of amides is 4. The second-order valence-corrected chi connectivity index (χ2v) is 12.1. The average molecular weight is 549 g/mol. The van der Waals surface area contributed by atoms with E-state index in [1.165, 1.54) is 0 Å². The molecule has 0 saturated carbocycles. The molecule has 3 fully saturated rings. The standard InChI is InChI=1S/C30H36N4O4S/c35-27(32-15-13-23(14-16-32)33-17-12-21-7-4-5-11-25(21)31-30(33)37)19-26-28(36)34(20-24-10-6-18-38-24)29(39-26)22-8-2-1-3-9-22/h1-5,7-9,11,23-24,26,29H,6,10,12-20H2,(H,31,37). The monoisotopic (exact) mass is 548 g/mol. The Bertz CT molecular complexity index is 1200. The number of urea groups is 1. The van der Waals surface area contributed by atoms with Crippen LogP contribution in [-0.4, -0.2) is 82.7 Å². The first-order valence-electron chi connectivity index (χ1n) is 14.1. The Morgan fingerprint density at radius 2 is 1.74 bits per heavy atom. The lowest BCUT2D eigenvalue weighted by molar-refractivity contribution is -0.137. The van der Waals surface area contributed by atoms with Crippen LogP contribution in [0.2, 0.25) is 0 Å². The number of anilines is 1. The van der Waals surface area contributed by atoms with E-state index >= 15 is 0 Å². The van der Waals surface area contributed by atoms with Crippen molar-refractivity contribution >= 4 is 35.3 Å². The van der Waals surface area contributed by atoms with Crippen molar-refractivity contribution in [2.45, 2.75) is 61.3 Å². The lowest BCUT2D eigenvalue weighted by atomic mass is 10.0. The lowest BCUT2D eigenvalue weighted by Crippen LogP contribution is -2.50. The molecule has 3 unspecified atom stereocenters. The molecule has 0 radical (unpaired) electrons. The van der Waals surface area contributed by atoms with Gasteiger partial charge in [-0.3, -0.25) is 9.59 Å². The zero-order chi connectivity index (χ0) is 26.8. The van der Waals surface area contributed by atoms with E-state index in [1.54, 1.807) is 11.8 Å². The summed E-state index contributed by atoms with van der Waals surface area (Å²) < 4.78 is 5.84. The zero-order valence-electron chi connectivity index (χ0n) is 22.2. The quantitative estimate of drug-likeness (QED) is 0.583. The number of thioether (sulfide) groups is 1. The molecule has 3 atom stereocenters. The number of carbonyl (C=O) groups excluding carboxylic acids is 3. The van der Waals surface area contributed by atoms with Crippen LogP contribution < -0.4 is 5.32 Å². The number of carbonyl (C=O) groups is 3. The number of nitrogens with one attached hydrogen (secondary N) is 1. The van der Waals surface area contributed by atoms with E-state index < -0.39 is 5.25 Å². The second kappa shape index (κ2) is 11.6. The number of para-hydroxylation sites is 1. The molecular weight excluding hydrogens is 512 g/mol. The normalized spacial score (nSPS) is 25.9. The highest BCUT2D eigenvalue weighted by atomic mass is 32.2. The highest BCUT2D eigenvalue weighted by Crippen LogP contribution is 2.45. The molecule has 4 aliphatic rings. The van der Waals surface area contributed by atoms with Gasteiger partial charge in [0.1, 0.15) is 5.37 Å². The van der Waals surface area contributed by atoms with Gasteiger partial charge in [-0.05, 0) is 49.3 Å². The van der Waals surface area contributed by atoms with Crippen molar-refractivity contribution < 1.29 is 19.1 Å². The second-order valence-electron chi connectivity index (χ2n) is 10.9. The maximum Gasteiger partial charge on any atom is 0.322 e. The molecule has 8 nitrogen and oxygen atoms in total. The molecule has 4 heterocycles. The van der Waals surface area contributed by atoms with Crippen LogP contribution in [0.1, 0.15) is 48.6 Å². The number of benzene rings is 2. The predicted molar refractivity (Wildman–Crippen MR) is 151 cm³/mol. The fraction of sp³-hybridized carbons (Fsp3) is 0.500. The Balaban J connectivity index is 1.06. The number of hydrogen-bond acceptors (Lipinski definition) is 5. The van der Waals surface area contributed by atoms with Gasteiger partial charge in [0, 0.05) is 50.9 Å². The zero-order valence-corrected chi connectivity index (χ0v) is 23.0. The Hall–Kier alpha value is -3.04. The number of hydrogen-bond donors (Lipinski definition) is 1. The van der Waals surface area contributed by atoms with Crippen LogP contribution in [0.15, 0.2) is 54.6 Å². The Labute approximate surface area is 234 Å². The molecule has 4 amide bonds. The van der Waals surface area contributed by atoms with Crippen molar-refractivity contribution in [3.05, 3.63) is 65.7 Å². The van der Waals surface area contributed by atoms with E-state index in [9.17, 15) is 14.4 Å². The summed E-state index contributed by atoms with van der Waals surface area (Å²) in [5, 5.41) is 2.57. The molecule has 0 spiro atoms. The first kappa shape index (κ1) is 26.2. The SMILES string of the molecule is O=C(CC1SC(c2ccccc2)N(CC2CCCO2)C1=O)N1CCC(N2CCc3ccccc3NC2=O)CC1. The summed E-state index contributed by atoms with van der Waals surface area (Å²) in [4.78, 5) is 45.6. The van der Waals surface area contributed by atoms with Crippen LogP contribution in [-0.2, 0) is 20.7 Å². The summed E-state index contributed by atoms with van der Waals surface area (Å²) >= 11 is 1.59. The van der Waals surface area contributed by atoms with Crippen molar-refractivity contribution in [1.29, 1.82) is 0 Å². The van der Waals surface area contributed by atoms with Gasteiger partial charge in [0.2, 0.25) is 11.8 Å². The minimum absolute atomic E-state index is 0.0257. The van der Waals surface area contributed by atoms with Crippen LogP contribution >= 0.6 is 11.8 Å². The highest BCUT2D eigenvalue weighted by molar-refractivity contribution is 8.01. The van der Waals surface area contributed by atoms with Gasteiger partial charge < -0.3 is 24.8 Å². The van der Waals surface area contributed by atoms with Gasteiger partial charge in [0.25, 0.3) is 0 Å². The van der Waals surface area contributed by atoms with Crippen LogP contribution in [0.3, 0.4) is 0 Å². The smallest absolute Gasteiger partial charge is 0.322 e. The highest BCUT2D eigenvalue weighted by Gasteiger charge is 2.44. The van der Waals surface area contributed by atoms with Crippen LogP contribution in [0.25, 0.3) is 0 Å². The summed E-state index contributed by atoms with van der Waals surface area (Å²) in [5.74, 6) is 0.0613. The van der Waals surface area contributed by atoms with Crippen molar-refractivity contribution in [1.82, 2.24) is 14.7 Å². The molecule has 6 rings (SSSR count).